The molecule has 1 saturated carbocycles. The van der Waals surface area contributed by atoms with Crippen molar-refractivity contribution in [2.45, 2.75) is 85.4 Å². The van der Waals surface area contributed by atoms with Crippen LogP contribution in [0.25, 0.3) is 0 Å². The topological polar surface area (TPSA) is 72.8 Å². The maximum absolute atomic E-state index is 13.0. The lowest BCUT2D eigenvalue weighted by Crippen LogP contribution is -2.47. The number of rotatable bonds is 11. The third-order valence-electron chi connectivity index (χ3n) is 7.60. The molecule has 0 aliphatic heterocycles. The smallest absolute Gasteiger partial charge is 0.311 e. The summed E-state index contributed by atoms with van der Waals surface area (Å²) in [6.45, 7) is 10.3. The van der Waals surface area contributed by atoms with E-state index in [1.807, 2.05) is 27.7 Å². The Hall–Kier alpha value is -1.46. The summed E-state index contributed by atoms with van der Waals surface area (Å²) in [4.78, 5) is 25.5. The van der Waals surface area contributed by atoms with Crippen LogP contribution in [-0.2, 0) is 19.1 Å². The highest BCUT2D eigenvalue weighted by atomic mass is 16.5. The van der Waals surface area contributed by atoms with E-state index in [0.717, 1.165) is 25.7 Å². The number of Topliss-reactive ketones (excluding diaryl/α,β-unsaturated/α-hetero) is 1. The summed E-state index contributed by atoms with van der Waals surface area (Å²) in [6.07, 6.45) is 12.0. The number of fused-ring (bicyclic) bond motifs is 1. The van der Waals surface area contributed by atoms with Crippen LogP contribution < -0.4 is 0 Å². The number of hydrogen-bond acceptors (Lipinski definition) is 5. The summed E-state index contributed by atoms with van der Waals surface area (Å²) in [6, 6.07) is 0. The number of ether oxygens (including phenoxy) is 2. The highest BCUT2D eigenvalue weighted by Gasteiger charge is 2.46. The van der Waals surface area contributed by atoms with Gasteiger partial charge in [-0.25, -0.2) is 0 Å². The standard InChI is InChI=1S/C27H44O5/c1-7-9-19-14-20-11-10-18(3)23(13-12-21(28)16-22(29)17-31-6)25(20)24(15-19)32-26(30)27(4,5)8-2/h7,9-11,18-20,22-25,29H,8,12-17H2,1-6H3/b9-7+/t18-,19-,20?,22+,23-,24-,25?/m0/s1. The van der Waals surface area contributed by atoms with Crippen molar-refractivity contribution in [3.05, 3.63) is 24.3 Å². The fourth-order valence-electron chi connectivity index (χ4n) is 5.34. The van der Waals surface area contributed by atoms with Crippen molar-refractivity contribution in [3.63, 3.8) is 0 Å². The van der Waals surface area contributed by atoms with Crippen LogP contribution in [0.3, 0.4) is 0 Å². The van der Waals surface area contributed by atoms with Crippen LogP contribution in [0.1, 0.15) is 73.1 Å². The second kappa shape index (κ2) is 12.1. The first-order valence-corrected chi connectivity index (χ1v) is 12.3. The summed E-state index contributed by atoms with van der Waals surface area (Å²) in [5.74, 6) is 1.52. The van der Waals surface area contributed by atoms with E-state index >= 15 is 0 Å². The van der Waals surface area contributed by atoms with Crippen molar-refractivity contribution in [3.8, 4) is 0 Å². The van der Waals surface area contributed by atoms with Gasteiger partial charge in [0.25, 0.3) is 0 Å². The van der Waals surface area contributed by atoms with E-state index in [1.165, 1.54) is 7.11 Å². The molecule has 5 heteroatoms. The third kappa shape index (κ3) is 7.02. The second-order valence-corrected chi connectivity index (χ2v) is 10.5. The molecular formula is C27H44O5. The summed E-state index contributed by atoms with van der Waals surface area (Å²) >= 11 is 0. The molecule has 0 radical (unpaired) electrons. The molecule has 32 heavy (non-hydrogen) atoms. The predicted molar refractivity (Wildman–Crippen MR) is 127 cm³/mol. The number of allylic oxidation sites excluding steroid dienone is 4. The molecule has 2 aliphatic rings. The molecule has 0 bridgehead atoms. The van der Waals surface area contributed by atoms with Crippen LogP contribution in [-0.4, -0.2) is 42.8 Å². The zero-order valence-corrected chi connectivity index (χ0v) is 20.9. The van der Waals surface area contributed by atoms with Crippen molar-refractivity contribution in [1.82, 2.24) is 0 Å². The monoisotopic (exact) mass is 448 g/mol. The maximum atomic E-state index is 13.0. The van der Waals surface area contributed by atoms with Crippen LogP contribution in [0.15, 0.2) is 24.3 Å². The molecule has 1 fully saturated rings. The minimum atomic E-state index is -0.745. The lowest BCUT2D eigenvalue weighted by molar-refractivity contribution is -0.169. The van der Waals surface area contributed by atoms with Crippen molar-refractivity contribution in [2.24, 2.45) is 35.0 Å². The minimum absolute atomic E-state index is 0.0658. The number of aliphatic hydroxyl groups is 1. The van der Waals surface area contributed by atoms with Crippen molar-refractivity contribution < 1.29 is 24.2 Å². The number of ketones is 1. The van der Waals surface area contributed by atoms with Crippen molar-refractivity contribution in [1.29, 1.82) is 0 Å². The van der Waals surface area contributed by atoms with Gasteiger partial charge in [0.1, 0.15) is 11.9 Å². The summed E-state index contributed by atoms with van der Waals surface area (Å²) in [5, 5.41) is 9.90. The Labute approximate surface area is 194 Å². The zero-order chi connectivity index (χ0) is 23.9. The Morgan fingerprint density at radius 1 is 1.25 bits per heavy atom. The van der Waals surface area contributed by atoms with Gasteiger partial charge in [0, 0.05) is 25.9 Å². The number of hydrogen-bond donors (Lipinski definition) is 1. The van der Waals surface area contributed by atoms with Gasteiger partial charge in [0.2, 0.25) is 0 Å². The van der Waals surface area contributed by atoms with Crippen LogP contribution in [0.5, 0.6) is 0 Å². The molecule has 182 valence electrons. The first kappa shape index (κ1) is 26.8. The molecule has 0 saturated heterocycles. The molecule has 5 nitrogen and oxygen atoms in total. The van der Waals surface area contributed by atoms with E-state index in [0.29, 0.717) is 24.2 Å². The number of carbonyl (C=O) groups is 2. The molecule has 2 aliphatic carbocycles. The Kier molecular flexibility index (Phi) is 10.2. The highest BCUT2D eigenvalue weighted by molar-refractivity contribution is 5.78. The van der Waals surface area contributed by atoms with Gasteiger partial charge >= 0.3 is 5.97 Å². The second-order valence-electron chi connectivity index (χ2n) is 10.5. The summed E-state index contributed by atoms with van der Waals surface area (Å²) < 4.78 is 11.2. The van der Waals surface area contributed by atoms with Gasteiger partial charge in [-0.2, -0.15) is 0 Å². The van der Waals surface area contributed by atoms with Gasteiger partial charge in [-0.3, -0.25) is 9.59 Å². The van der Waals surface area contributed by atoms with Gasteiger partial charge in [-0.1, -0.05) is 38.2 Å². The predicted octanol–water partition coefficient (Wildman–Crippen LogP) is 5.12. The van der Waals surface area contributed by atoms with E-state index < -0.39 is 11.5 Å². The van der Waals surface area contributed by atoms with Gasteiger partial charge < -0.3 is 14.6 Å². The molecule has 7 atom stereocenters. The lowest BCUT2D eigenvalue weighted by atomic mass is 9.60. The van der Waals surface area contributed by atoms with Crippen LogP contribution in [0.4, 0.5) is 0 Å². The van der Waals surface area contributed by atoms with Crippen LogP contribution in [0, 0.1) is 35.0 Å². The molecule has 0 aromatic heterocycles. The Bertz CT molecular complexity index is 680. The fourth-order valence-corrected chi connectivity index (χ4v) is 5.34. The lowest BCUT2D eigenvalue weighted by Gasteiger charge is -2.48. The Morgan fingerprint density at radius 3 is 2.59 bits per heavy atom. The average Bonchev–Trinajstić information content (AvgIpc) is 2.73. The normalized spacial score (nSPS) is 31.3. The number of esters is 1. The highest BCUT2D eigenvalue weighted by Crippen LogP contribution is 2.48. The molecule has 0 spiro atoms. The molecule has 0 aromatic rings. The zero-order valence-electron chi connectivity index (χ0n) is 20.9. The first-order valence-electron chi connectivity index (χ1n) is 12.3. The summed E-state index contributed by atoms with van der Waals surface area (Å²) in [7, 11) is 1.52. The molecule has 0 heterocycles. The van der Waals surface area contributed by atoms with E-state index in [1.54, 1.807) is 0 Å². The number of aliphatic hydroxyl groups excluding tert-OH is 1. The third-order valence-corrected chi connectivity index (χ3v) is 7.60. The van der Waals surface area contributed by atoms with Gasteiger partial charge in [0.15, 0.2) is 0 Å². The van der Waals surface area contributed by atoms with Crippen LogP contribution >= 0.6 is 0 Å². The minimum Gasteiger partial charge on any atom is -0.462 e. The number of methoxy groups -OCH3 is 1. The SMILES string of the molecule is C/C=C/[C@H]1CC2C=C[C@H](C)[C@H](CCC(=O)C[C@@H](O)COC)C2[C@@H](OC(=O)C(C)(C)CC)C1. The van der Waals surface area contributed by atoms with Gasteiger partial charge in [0.05, 0.1) is 18.1 Å². The quantitative estimate of drug-likeness (QED) is 0.351. The molecule has 1 N–H and O–H groups in total. The fraction of sp³-hybridized carbons (Fsp3) is 0.778. The maximum Gasteiger partial charge on any atom is 0.311 e. The van der Waals surface area contributed by atoms with Crippen molar-refractivity contribution >= 4 is 11.8 Å². The largest absolute Gasteiger partial charge is 0.462 e. The van der Waals surface area contributed by atoms with Gasteiger partial charge in [-0.15, -0.1) is 0 Å². The molecule has 0 amide bonds. The van der Waals surface area contributed by atoms with Crippen molar-refractivity contribution in [2.75, 3.05) is 13.7 Å². The van der Waals surface area contributed by atoms with E-state index in [2.05, 4.69) is 31.2 Å². The first-order chi connectivity index (χ1) is 15.1. The number of carbonyl (C=O) groups excluding carboxylic acids is 2. The average molecular weight is 449 g/mol. The summed E-state index contributed by atoms with van der Waals surface area (Å²) in [5.41, 5.74) is -0.498. The Balaban J connectivity index is 2.18. The molecule has 2 unspecified atom stereocenters. The van der Waals surface area contributed by atoms with E-state index in [4.69, 9.17) is 9.47 Å². The Morgan fingerprint density at radius 2 is 1.97 bits per heavy atom. The molecular weight excluding hydrogens is 404 g/mol. The van der Waals surface area contributed by atoms with E-state index in [-0.39, 0.29) is 42.7 Å². The van der Waals surface area contributed by atoms with E-state index in [9.17, 15) is 14.7 Å². The molecule has 2 rings (SSSR count). The molecule has 0 aromatic carbocycles. The van der Waals surface area contributed by atoms with Crippen LogP contribution in [0.2, 0.25) is 0 Å². The van der Waals surface area contributed by atoms with Gasteiger partial charge in [-0.05, 0) is 70.1 Å².